The van der Waals surface area contributed by atoms with E-state index in [1.807, 2.05) is 50.4 Å². The Morgan fingerprint density at radius 1 is 1.23 bits per heavy atom. The molecule has 0 N–H and O–H groups in total. The molecule has 1 heterocycles. The summed E-state index contributed by atoms with van der Waals surface area (Å²) >= 11 is 1.47. The molecule has 0 aliphatic carbocycles. The molecule has 2 aromatic rings. The van der Waals surface area contributed by atoms with Crippen LogP contribution < -0.4 is 0 Å². The van der Waals surface area contributed by atoms with Crippen LogP contribution in [0.25, 0.3) is 11.3 Å². The van der Waals surface area contributed by atoms with E-state index in [0.29, 0.717) is 23.0 Å². The summed E-state index contributed by atoms with van der Waals surface area (Å²) in [5, 5.41) is 0.663. The maximum atomic E-state index is 12.5. The van der Waals surface area contributed by atoms with E-state index in [2.05, 4.69) is 9.97 Å². The fraction of sp³-hybridized carbons (Fsp3) is 0.353. The van der Waals surface area contributed by atoms with Gasteiger partial charge in [0.25, 0.3) is 0 Å². The number of aromatic nitrogens is 2. The molecule has 0 spiro atoms. The molecule has 5 heteroatoms. The number of thioether (sulfide) groups is 1. The van der Waals surface area contributed by atoms with Gasteiger partial charge in [-0.2, -0.15) is 0 Å². The van der Waals surface area contributed by atoms with Crippen molar-refractivity contribution in [2.24, 2.45) is 0 Å². The molecule has 0 saturated carbocycles. The standard InChI is InChI=1S/C17H20N2O2S/c1-5-21-16(20)13-14(11(2)3)18-17(22-4)19-15(13)12-9-7-6-8-10-12/h6-11H,5H2,1-4H3. The Morgan fingerprint density at radius 2 is 1.91 bits per heavy atom. The van der Waals surface area contributed by atoms with Crippen LogP contribution in [0.1, 0.15) is 42.7 Å². The van der Waals surface area contributed by atoms with Gasteiger partial charge in [0, 0.05) is 5.56 Å². The van der Waals surface area contributed by atoms with Gasteiger partial charge >= 0.3 is 5.97 Å². The molecule has 0 bridgehead atoms. The molecular formula is C17H20N2O2S. The zero-order valence-corrected chi connectivity index (χ0v) is 14.1. The highest BCUT2D eigenvalue weighted by atomic mass is 32.2. The molecular weight excluding hydrogens is 296 g/mol. The van der Waals surface area contributed by atoms with Gasteiger partial charge in [-0.3, -0.25) is 0 Å². The number of hydrogen-bond acceptors (Lipinski definition) is 5. The van der Waals surface area contributed by atoms with Crippen molar-refractivity contribution in [1.82, 2.24) is 9.97 Å². The highest BCUT2D eigenvalue weighted by molar-refractivity contribution is 7.98. The zero-order valence-electron chi connectivity index (χ0n) is 13.3. The van der Waals surface area contributed by atoms with Gasteiger partial charge in [-0.1, -0.05) is 55.9 Å². The fourth-order valence-electron chi connectivity index (χ4n) is 2.18. The average Bonchev–Trinajstić information content (AvgIpc) is 2.54. The van der Waals surface area contributed by atoms with Crippen molar-refractivity contribution in [3.63, 3.8) is 0 Å². The first kappa shape index (κ1) is 16.5. The Morgan fingerprint density at radius 3 is 2.45 bits per heavy atom. The van der Waals surface area contributed by atoms with Crippen LogP contribution in [0.2, 0.25) is 0 Å². The molecule has 0 unspecified atom stereocenters. The number of rotatable bonds is 5. The lowest BCUT2D eigenvalue weighted by Crippen LogP contribution is -2.15. The van der Waals surface area contributed by atoms with Crippen LogP contribution in [0.5, 0.6) is 0 Å². The summed E-state index contributed by atoms with van der Waals surface area (Å²) < 4.78 is 5.23. The molecule has 2 rings (SSSR count). The molecule has 0 fully saturated rings. The molecule has 22 heavy (non-hydrogen) atoms. The molecule has 0 amide bonds. The van der Waals surface area contributed by atoms with Crippen molar-refractivity contribution >= 4 is 17.7 Å². The summed E-state index contributed by atoms with van der Waals surface area (Å²) in [6, 6.07) is 9.69. The first-order valence-corrected chi connectivity index (χ1v) is 8.49. The number of carbonyl (C=O) groups excluding carboxylic acids is 1. The molecule has 0 radical (unpaired) electrons. The SMILES string of the molecule is CCOC(=O)c1c(-c2ccccc2)nc(SC)nc1C(C)C. The van der Waals surface area contributed by atoms with Gasteiger partial charge in [0.05, 0.1) is 18.0 Å². The number of benzene rings is 1. The van der Waals surface area contributed by atoms with E-state index in [-0.39, 0.29) is 11.9 Å². The van der Waals surface area contributed by atoms with E-state index in [9.17, 15) is 4.79 Å². The summed E-state index contributed by atoms with van der Waals surface area (Å²) in [4.78, 5) is 21.5. The second-order valence-corrected chi connectivity index (χ2v) is 5.83. The molecule has 4 nitrogen and oxygen atoms in total. The topological polar surface area (TPSA) is 52.1 Å². The molecule has 1 aromatic heterocycles. The van der Waals surface area contributed by atoms with E-state index in [4.69, 9.17) is 4.74 Å². The second-order valence-electron chi connectivity index (χ2n) is 5.06. The maximum absolute atomic E-state index is 12.5. The third kappa shape index (κ3) is 3.47. The number of esters is 1. The largest absolute Gasteiger partial charge is 0.462 e. The van der Waals surface area contributed by atoms with Gasteiger partial charge < -0.3 is 4.74 Å². The molecule has 0 saturated heterocycles. The lowest BCUT2D eigenvalue weighted by molar-refractivity contribution is 0.0524. The molecule has 1 aromatic carbocycles. The van der Waals surface area contributed by atoms with Crippen molar-refractivity contribution in [3.8, 4) is 11.3 Å². The van der Waals surface area contributed by atoms with Crippen molar-refractivity contribution in [2.75, 3.05) is 12.9 Å². The van der Waals surface area contributed by atoms with E-state index in [1.54, 1.807) is 6.92 Å². The third-order valence-corrected chi connectivity index (χ3v) is 3.72. The molecule has 0 aliphatic heterocycles. The van der Waals surface area contributed by atoms with Crippen LogP contribution in [0.15, 0.2) is 35.5 Å². The summed E-state index contributed by atoms with van der Waals surface area (Å²) in [7, 11) is 0. The van der Waals surface area contributed by atoms with Crippen LogP contribution in [0, 0.1) is 0 Å². The molecule has 116 valence electrons. The fourth-order valence-corrected chi connectivity index (χ4v) is 2.55. The van der Waals surface area contributed by atoms with Crippen molar-refractivity contribution in [1.29, 1.82) is 0 Å². The van der Waals surface area contributed by atoms with Crippen LogP contribution in [-0.4, -0.2) is 28.8 Å². The number of carbonyl (C=O) groups is 1. The quantitative estimate of drug-likeness (QED) is 0.471. The van der Waals surface area contributed by atoms with Gasteiger partial charge in [-0.15, -0.1) is 0 Å². The van der Waals surface area contributed by atoms with Crippen LogP contribution in [0.4, 0.5) is 0 Å². The minimum absolute atomic E-state index is 0.107. The molecule has 0 atom stereocenters. The second kappa shape index (κ2) is 7.40. The van der Waals surface area contributed by atoms with E-state index < -0.39 is 0 Å². The normalized spacial score (nSPS) is 10.8. The van der Waals surface area contributed by atoms with Crippen LogP contribution in [0.3, 0.4) is 0 Å². The van der Waals surface area contributed by atoms with Gasteiger partial charge in [0.2, 0.25) is 0 Å². The predicted molar refractivity (Wildman–Crippen MR) is 89.3 cm³/mol. The number of nitrogens with zero attached hydrogens (tertiary/aromatic N) is 2. The monoisotopic (exact) mass is 316 g/mol. The highest BCUT2D eigenvalue weighted by Gasteiger charge is 2.24. The minimum atomic E-state index is -0.363. The Kier molecular flexibility index (Phi) is 5.55. The molecule has 0 aliphatic rings. The first-order chi connectivity index (χ1) is 10.6. The maximum Gasteiger partial charge on any atom is 0.342 e. The summed E-state index contributed by atoms with van der Waals surface area (Å²) in [6.45, 7) is 6.16. The van der Waals surface area contributed by atoms with Crippen molar-refractivity contribution in [3.05, 3.63) is 41.6 Å². The predicted octanol–water partition coefficient (Wildman–Crippen LogP) is 4.17. The van der Waals surface area contributed by atoms with Gasteiger partial charge in [0.1, 0.15) is 5.56 Å². The van der Waals surface area contributed by atoms with Gasteiger partial charge in [-0.25, -0.2) is 14.8 Å². The van der Waals surface area contributed by atoms with Crippen molar-refractivity contribution < 1.29 is 9.53 Å². The number of ether oxygens (including phenoxy) is 1. The Labute approximate surface area is 135 Å². The minimum Gasteiger partial charge on any atom is -0.462 e. The smallest absolute Gasteiger partial charge is 0.342 e. The van der Waals surface area contributed by atoms with Gasteiger partial charge in [0.15, 0.2) is 5.16 Å². The van der Waals surface area contributed by atoms with Crippen LogP contribution in [-0.2, 0) is 4.74 Å². The Bertz CT molecular complexity index is 657. The van der Waals surface area contributed by atoms with E-state index in [0.717, 1.165) is 11.3 Å². The Hall–Kier alpha value is -1.88. The van der Waals surface area contributed by atoms with Crippen molar-refractivity contribution in [2.45, 2.75) is 31.8 Å². The third-order valence-electron chi connectivity index (χ3n) is 3.17. The lowest BCUT2D eigenvalue weighted by atomic mass is 9.99. The zero-order chi connectivity index (χ0) is 16.1. The number of hydrogen-bond donors (Lipinski definition) is 0. The summed E-state index contributed by atoms with van der Waals surface area (Å²) in [5.74, 6) is -0.256. The highest BCUT2D eigenvalue weighted by Crippen LogP contribution is 2.30. The van der Waals surface area contributed by atoms with E-state index >= 15 is 0 Å². The van der Waals surface area contributed by atoms with E-state index in [1.165, 1.54) is 11.8 Å². The average molecular weight is 316 g/mol. The van der Waals surface area contributed by atoms with Gasteiger partial charge in [-0.05, 0) is 19.1 Å². The summed E-state index contributed by atoms with van der Waals surface area (Å²) in [6.07, 6.45) is 1.93. The lowest BCUT2D eigenvalue weighted by Gasteiger charge is -2.16. The summed E-state index contributed by atoms with van der Waals surface area (Å²) in [5.41, 5.74) is 2.74. The van der Waals surface area contributed by atoms with Crippen LogP contribution >= 0.6 is 11.8 Å². The Balaban J connectivity index is 2.72. The first-order valence-electron chi connectivity index (χ1n) is 7.26.